The second-order valence-corrected chi connectivity index (χ2v) is 7.38. The monoisotopic (exact) mass is 361 g/mol. The molecule has 1 amide bonds. The minimum absolute atomic E-state index is 0.262. The highest BCUT2D eigenvalue weighted by atomic mass is 32.1. The molecule has 2 heterocycles. The van der Waals surface area contributed by atoms with E-state index in [2.05, 4.69) is 0 Å². The van der Waals surface area contributed by atoms with Gasteiger partial charge in [0.2, 0.25) is 0 Å². The molecule has 134 valence electrons. The Morgan fingerprint density at radius 2 is 1.96 bits per heavy atom. The molecule has 0 atom stereocenters. The van der Waals surface area contributed by atoms with Crippen molar-refractivity contribution in [3.8, 4) is 5.75 Å². The number of carbonyl (C=O) groups is 1. The lowest BCUT2D eigenvalue weighted by atomic mass is 9.84. The van der Waals surface area contributed by atoms with Crippen LogP contribution < -0.4 is 4.74 Å². The molecule has 1 aliphatic rings. The molecule has 1 aromatic heterocycles. The van der Waals surface area contributed by atoms with Crippen LogP contribution >= 0.6 is 11.3 Å². The second kappa shape index (κ2) is 7.45. The zero-order valence-corrected chi connectivity index (χ0v) is 15.3. The molecule has 6 heteroatoms. The minimum atomic E-state index is -0.953. The van der Waals surface area contributed by atoms with Gasteiger partial charge in [0.1, 0.15) is 12.4 Å². The summed E-state index contributed by atoms with van der Waals surface area (Å²) in [4.78, 5) is 15.0. The molecule has 0 aliphatic carbocycles. The number of piperidine rings is 1. The number of thiophene rings is 1. The fraction of sp³-hybridized carbons (Fsp3) is 0.421. The smallest absolute Gasteiger partial charge is 0.410 e. The van der Waals surface area contributed by atoms with Gasteiger partial charge < -0.3 is 19.5 Å². The van der Waals surface area contributed by atoms with Crippen molar-refractivity contribution in [1.29, 1.82) is 0 Å². The Labute approximate surface area is 151 Å². The summed E-state index contributed by atoms with van der Waals surface area (Å²) < 4.78 is 10.8. The van der Waals surface area contributed by atoms with Crippen molar-refractivity contribution in [3.63, 3.8) is 0 Å². The van der Waals surface area contributed by atoms with Gasteiger partial charge in [-0.2, -0.15) is 0 Å². The summed E-state index contributed by atoms with van der Waals surface area (Å²) in [6.45, 7) is 3.17. The number of hydrogen-bond acceptors (Lipinski definition) is 5. The van der Waals surface area contributed by atoms with Crippen LogP contribution in [-0.2, 0) is 16.9 Å². The van der Waals surface area contributed by atoms with Crippen LogP contribution in [0.1, 0.15) is 28.8 Å². The average molecular weight is 361 g/mol. The fourth-order valence-electron chi connectivity index (χ4n) is 3.26. The summed E-state index contributed by atoms with van der Waals surface area (Å²) in [7, 11) is 1.62. The quantitative estimate of drug-likeness (QED) is 0.902. The van der Waals surface area contributed by atoms with Gasteiger partial charge in [0.25, 0.3) is 0 Å². The molecule has 0 saturated carbocycles. The molecule has 0 bridgehead atoms. The molecule has 1 aliphatic heterocycles. The number of hydrogen-bond donors (Lipinski definition) is 1. The van der Waals surface area contributed by atoms with Crippen molar-refractivity contribution in [3.05, 3.63) is 51.7 Å². The van der Waals surface area contributed by atoms with Crippen molar-refractivity contribution >= 4 is 17.4 Å². The van der Waals surface area contributed by atoms with E-state index in [1.165, 1.54) is 0 Å². The summed E-state index contributed by atoms with van der Waals surface area (Å²) in [6, 6.07) is 9.61. The van der Waals surface area contributed by atoms with Crippen LogP contribution in [0.15, 0.2) is 35.7 Å². The summed E-state index contributed by atoms with van der Waals surface area (Å²) in [5.74, 6) is 0.727. The van der Waals surface area contributed by atoms with E-state index in [0.717, 1.165) is 21.8 Å². The van der Waals surface area contributed by atoms with Gasteiger partial charge >= 0.3 is 6.09 Å². The second-order valence-electron chi connectivity index (χ2n) is 6.29. The predicted molar refractivity (Wildman–Crippen MR) is 96.9 cm³/mol. The SMILES string of the molecule is COc1csc(C)c1C1(O)CCN(C(=O)OCc2ccccc2)CC1. The molecule has 2 aromatic rings. The lowest BCUT2D eigenvalue weighted by Crippen LogP contribution is -2.45. The molecule has 25 heavy (non-hydrogen) atoms. The van der Waals surface area contributed by atoms with Gasteiger partial charge in [0.05, 0.1) is 12.7 Å². The maximum Gasteiger partial charge on any atom is 0.410 e. The van der Waals surface area contributed by atoms with E-state index in [4.69, 9.17) is 9.47 Å². The number of ether oxygens (including phenoxy) is 2. The Kier molecular flexibility index (Phi) is 5.30. The van der Waals surface area contributed by atoms with E-state index in [1.54, 1.807) is 23.3 Å². The molecule has 0 unspecified atom stereocenters. The third-order valence-corrected chi connectivity index (χ3v) is 5.57. The van der Waals surface area contributed by atoms with Crippen LogP contribution in [0.5, 0.6) is 5.75 Å². The predicted octanol–water partition coefficient (Wildman–Crippen LogP) is 3.69. The minimum Gasteiger partial charge on any atom is -0.495 e. The van der Waals surface area contributed by atoms with Crippen LogP contribution in [0, 0.1) is 6.92 Å². The number of nitrogens with zero attached hydrogens (tertiary/aromatic N) is 1. The first-order valence-electron chi connectivity index (χ1n) is 8.34. The number of aliphatic hydroxyl groups is 1. The lowest BCUT2D eigenvalue weighted by Gasteiger charge is -2.38. The molecule has 0 spiro atoms. The number of likely N-dealkylation sites (tertiary alicyclic amines) is 1. The Balaban J connectivity index is 1.59. The number of amides is 1. The number of benzene rings is 1. The van der Waals surface area contributed by atoms with Gasteiger partial charge in [-0.05, 0) is 25.3 Å². The number of methoxy groups -OCH3 is 1. The van der Waals surface area contributed by atoms with Crippen LogP contribution in [0.4, 0.5) is 4.79 Å². The molecule has 1 aromatic carbocycles. The molecular formula is C19H23NO4S. The third-order valence-electron chi connectivity index (χ3n) is 4.68. The normalized spacial score (nSPS) is 16.5. The largest absolute Gasteiger partial charge is 0.495 e. The highest BCUT2D eigenvalue weighted by Gasteiger charge is 2.39. The van der Waals surface area contributed by atoms with Gasteiger partial charge in [0, 0.05) is 28.9 Å². The molecule has 1 fully saturated rings. The van der Waals surface area contributed by atoms with Crippen LogP contribution in [0.25, 0.3) is 0 Å². The third kappa shape index (κ3) is 3.80. The van der Waals surface area contributed by atoms with Crippen molar-refractivity contribution in [1.82, 2.24) is 4.90 Å². The van der Waals surface area contributed by atoms with Gasteiger partial charge in [-0.15, -0.1) is 11.3 Å². The summed E-state index contributed by atoms with van der Waals surface area (Å²) in [5.41, 5.74) is 0.867. The first kappa shape index (κ1) is 17.8. The summed E-state index contributed by atoms with van der Waals surface area (Å²) in [5, 5.41) is 13.0. The Morgan fingerprint density at radius 1 is 1.28 bits per heavy atom. The number of carbonyl (C=O) groups excluding carboxylic acids is 1. The zero-order valence-electron chi connectivity index (χ0n) is 14.5. The Morgan fingerprint density at radius 3 is 2.60 bits per heavy atom. The van der Waals surface area contributed by atoms with Crippen LogP contribution in [-0.4, -0.2) is 36.3 Å². The van der Waals surface area contributed by atoms with Crippen LogP contribution in [0.3, 0.4) is 0 Å². The van der Waals surface area contributed by atoms with Gasteiger partial charge in [-0.1, -0.05) is 30.3 Å². The number of rotatable bonds is 4. The van der Waals surface area contributed by atoms with Crippen molar-refractivity contribution < 1.29 is 19.4 Å². The number of aryl methyl sites for hydroxylation is 1. The van der Waals surface area contributed by atoms with Gasteiger partial charge in [-0.25, -0.2) is 4.79 Å². The van der Waals surface area contributed by atoms with Crippen molar-refractivity contribution in [2.45, 2.75) is 32.0 Å². The first-order chi connectivity index (χ1) is 12.0. The summed E-state index contributed by atoms with van der Waals surface area (Å²) in [6.07, 6.45) is 0.614. The van der Waals surface area contributed by atoms with E-state index < -0.39 is 5.60 Å². The Bertz CT molecular complexity index is 720. The van der Waals surface area contributed by atoms with E-state index >= 15 is 0 Å². The fourth-order valence-corrected chi connectivity index (χ4v) is 4.17. The van der Waals surface area contributed by atoms with Crippen molar-refractivity contribution in [2.24, 2.45) is 0 Å². The average Bonchev–Trinajstić information content (AvgIpc) is 3.03. The highest BCUT2D eigenvalue weighted by Crippen LogP contribution is 2.43. The molecule has 5 nitrogen and oxygen atoms in total. The first-order valence-corrected chi connectivity index (χ1v) is 9.22. The molecular weight excluding hydrogens is 338 g/mol. The highest BCUT2D eigenvalue weighted by molar-refractivity contribution is 7.10. The Hall–Kier alpha value is -2.05. The van der Waals surface area contributed by atoms with E-state index in [0.29, 0.717) is 25.9 Å². The van der Waals surface area contributed by atoms with Gasteiger partial charge in [0.15, 0.2) is 0 Å². The lowest BCUT2D eigenvalue weighted by molar-refractivity contribution is -0.0269. The topological polar surface area (TPSA) is 59.0 Å². The molecule has 3 rings (SSSR count). The van der Waals surface area contributed by atoms with Crippen molar-refractivity contribution in [2.75, 3.05) is 20.2 Å². The molecule has 1 N–H and O–H groups in total. The van der Waals surface area contributed by atoms with E-state index in [-0.39, 0.29) is 12.7 Å². The summed E-state index contributed by atoms with van der Waals surface area (Å²) >= 11 is 1.57. The standard InChI is InChI=1S/C19H23NO4S/c1-14-17(16(23-2)13-25-14)19(22)8-10-20(11-9-19)18(21)24-12-15-6-4-3-5-7-15/h3-7,13,22H,8-12H2,1-2H3. The molecule has 1 saturated heterocycles. The molecule has 0 radical (unpaired) electrons. The van der Waals surface area contributed by atoms with E-state index in [9.17, 15) is 9.90 Å². The maximum atomic E-state index is 12.3. The van der Waals surface area contributed by atoms with Crippen LogP contribution in [0.2, 0.25) is 0 Å². The zero-order chi connectivity index (χ0) is 17.9. The maximum absolute atomic E-state index is 12.3. The van der Waals surface area contributed by atoms with Gasteiger partial charge in [-0.3, -0.25) is 0 Å². The van der Waals surface area contributed by atoms with E-state index in [1.807, 2.05) is 42.6 Å².